The van der Waals surface area contributed by atoms with Crippen LogP contribution in [0, 0.1) is 0 Å². The zero-order valence-corrected chi connectivity index (χ0v) is 50.9. The maximum Gasteiger partial charge on any atom is 0.496 e. The van der Waals surface area contributed by atoms with E-state index in [4.69, 9.17) is 27.9 Å². The molecule has 5 aliphatic heterocycles. The Hall–Kier alpha value is -5.11. The molecule has 0 atom stereocenters. The summed E-state index contributed by atoms with van der Waals surface area (Å²) in [5.41, 5.74) is 14.5. The van der Waals surface area contributed by atoms with Crippen LogP contribution in [0.4, 0.5) is 0 Å². The molecule has 8 aromatic carbocycles. The van der Waals surface area contributed by atoms with Crippen molar-refractivity contribution in [3.8, 4) is 22.3 Å². The van der Waals surface area contributed by atoms with Crippen molar-refractivity contribution in [1.29, 1.82) is 0 Å². The lowest BCUT2D eigenvalue weighted by Gasteiger charge is -2.40. The number of hydrogen-bond donors (Lipinski definition) is 0. The van der Waals surface area contributed by atoms with Gasteiger partial charge in [-0.15, -0.1) is 0 Å². The summed E-state index contributed by atoms with van der Waals surface area (Å²) in [6.07, 6.45) is 0. The minimum atomic E-state index is -0.476. The van der Waals surface area contributed by atoms with Crippen LogP contribution in [0.5, 0.6) is 0 Å². The average molecular weight is 1160 g/mol. The third-order valence-electron chi connectivity index (χ3n) is 19.0. The highest BCUT2D eigenvalue weighted by molar-refractivity contribution is 9.10. The summed E-state index contributed by atoms with van der Waals surface area (Å²) in [6.45, 7) is 24.7. The van der Waals surface area contributed by atoms with Crippen molar-refractivity contribution >= 4 is 66.1 Å². The second kappa shape index (κ2) is 19.0. The smallest absolute Gasteiger partial charge is 0.405 e. The van der Waals surface area contributed by atoms with Crippen molar-refractivity contribution in [3.05, 3.63) is 231 Å². The van der Waals surface area contributed by atoms with Crippen molar-refractivity contribution in [2.75, 3.05) is 0 Å². The van der Waals surface area contributed by atoms with Crippen LogP contribution in [0.3, 0.4) is 0 Å². The summed E-state index contributed by atoms with van der Waals surface area (Å²) in [5.74, 6) is 0. The summed E-state index contributed by atoms with van der Waals surface area (Å²) in [6, 6.07) is 66.7. The molecule has 0 saturated carbocycles. The van der Waals surface area contributed by atoms with Crippen molar-refractivity contribution in [2.45, 2.75) is 147 Å². The summed E-state index contributed by atoms with van der Waals surface area (Å²) in [5, 5.41) is 0. The monoisotopic (exact) mass is 1150 g/mol. The predicted octanol–water partition coefficient (Wildman–Crippen LogP) is 16.3. The van der Waals surface area contributed by atoms with Gasteiger partial charge in [0.15, 0.2) is 0 Å². The zero-order valence-electron chi connectivity index (χ0n) is 47.7. The molecule has 0 amide bonds. The Bertz CT molecular complexity index is 3630. The van der Waals surface area contributed by atoms with Crippen molar-refractivity contribution in [1.82, 2.24) is 0 Å². The summed E-state index contributed by atoms with van der Waals surface area (Å²) in [4.78, 5) is 5.19. The molecular formula is C68H66B3BrO6S2. The van der Waals surface area contributed by atoms with E-state index in [9.17, 15) is 0 Å². The van der Waals surface area contributed by atoms with E-state index in [2.05, 4.69) is 226 Å². The van der Waals surface area contributed by atoms with E-state index in [0.29, 0.717) is 0 Å². The molecule has 12 heteroatoms. The van der Waals surface area contributed by atoms with Crippen LogP contribution < -0.4 is 5.46 Å². The molecule has 8 aromatic rings. The van der Waals surface area contributed by atoms with Crippen LogP contribution in [0.1, 0.15) is 128 Å². The van der Waals surface area contributed by atoms with Gasteiger partial charge in [-0.25, -0.2) is 0 Å². The van der Waals surface area contributed by atoms with Gasteiger partial charge in [-0.3, -0.25) is 0 Å². The lowest BCUT2D eigenvalue weighted by molar-refractivity contribution is 0.00578. The summed E-state index contributed by atoms with van der Waals surface area (Å²) >= 11 is 7.54. The van der Waals surface area contributed by atoms with Crippen LogP contribution in [0.2, 0.25) is 0 Å². The molecule has 0 radical (unpaired) electrons. The molecule has 0 bridgehead atoms. The quantitative estimate of drug-likeness (QED) is 0.159. The Morgan fingerprint density at radius 2 is 0.588 bits per heavy atom. The molecule has 5 heterocycles. The first-order valence-corrected chi connectivity index (χ1v) is 30.4. The molecule has 0 aromatic heterocycles. The first-order chi connectivity index (χ1) is 38.0. The fraction of sp³-hybridized carbons (Fsp3) is 0.294. The van der Waals surface area contributed by atoms with Gasteiger partial charge in [0.05, 0.1) is 44.4 Å². The molecular weight excluding hydrogens is 1090 g/mol. The molecule has 2 spiro atoms. The second-order valence-corrected chi connectivity index (χ2v) is 28.0. The Labute approximate surface area is 491 Å². The average Bonchev–Trinajstić information content (AvgIpc) is 3.85. The number of benzene rings is 8. The Balaban J connectivity index is 0.000000120. The number of hydrogen-bond acceptors (Lipinski definition) is 8. The van der Waals surface area contributed by atoms with Gasteiger partial charge in [0, 0.05) is 24.1 Å². The highest BCUT2D eigenvalue weighted by Gasteiger charge is 2.64. The van der Waals surface area contributed by atoms with Crippen molar-refractivity contribution in [3.63, 3.8) is 0 Å². The first-order valence-electron chi connectivity index (χ1n) is 28.0. The van der Waals surface area contributed by atoms with Gasteiger partial charge in [0.2, 0.25) is 0 Å². The summed E-state index contributed by atoms with van der Waals surface area (Å²) in [7, 11) is -1.36. The zero-order chi connectivity index (χ0) is 56.0. The van der Waals surface area contributed by atoms with E-state index in [0.717, 1.165) is 5.46 Å². The van der Waals surface area contributed by atoms with Crippen molar-refractivity contribution < 1.29 is 27.9 Å². The molecule has 0 unspecified atom stereocenters. The third-order valence-corrected chi connectivity index (χ3v) is 22.4. The highest BCUT2D eigenvalue weighted by atomic mass is 79.9. The Morgan fingerprint density at radius 1 is 0.300 bits per heavy atom. The van der Waals surface area contributed by atoms with Gasteiger partial charge in [-0.2, -0.15) is 0 Å². The highest BCUT2D eigenvalue weighted by Crippen LogP contribution is 2.64. The van der Waals surface area contributed by atoms with Gasteiger partial charge >= 0.3 is 21.1 Å². The first kappa shape index (κ1) is 54.2. The second-order valence-electron chi connectivity index (χ2n) is 25.1. The topological polar surface area (TPSA) is 55.4 Å². The van der Waals surface area contributed by atoms with Crippen LogP contribution in [0.15, 0.2) is 206 Å². The maximum absolute atomic E-state index is 6.56. The van der Waals surface area contributed by atoms with Crippen molar-refractivity contribution in [2.24, 2.45) is 0 Å². The molecule has 6 nitrogen and oxygen atoms in total. The minimum Gasteiger partial charge on any atom is -0.405 e. The maximum atomic E-state index is 6.56. The molecule has 7 aliphatic rings. The molecule has 80 heavy (non-hydrogen) atoms. The third kappa shape index (κ3) is 7.94. The van der Waals surface area contributed by atoms with Crippen LogP contribution in [0.25, 0.3) is 22.3 Å². The molecule has 0 N–H and O–H groups in total. The Morgan fingerprint density at radius 3 is 0.975 bits per heavy atom. The normalized spacial score (nSPS) is 20.9. The number of halogens is 1. The fourth-order valence-electron chi connectivity index (χ4n) is 12.9. The van der Waals surface area contributed by atoms with Gasteiger partial charge in [0.25, 0.3) is 0 Å². The predicted molar refractivity (Wildman–Crippen MR) is 331 cm³/mol. The van der Waals surface area contributed by atoms with E-state index in [1.807, 2.05) is 78.9 Å². The largest absolute Gasteiger partial charge is 0.496 e. The molecule has 2 aliphatic carbocycles. The molecule has 3 fully saturated rings. The van der Waals surface area contributed by atoms with Crippen LogP contribution in [-0.4, -0.2) is 54.7 Å². The lowest BCUT2D eigenvalue weighted by Crippen LogP contribution is -2.41. The standard InChI is InChI=1S/C31H27BO2S.C25H15BrS.C12H24B2O4/c1-29(2)30(3,4)34-32(33-29)26-18-11-17-25-28(26)35-27-19-10-9-16-24(27)31(25)22-14-7-5-12-20(22)21-13-6-8-15-23(21)31;26-22-14-7-13-21-24(22)27-23-15-6-5-12-20(23)25(21)18-10-3-1-8-16(18)17-9-2-4-11-19(17)25;1-9(2)10(3,4)16-13(15-9)14-17-11(5,6)12(7,8)18-14/h5-19H,1-4H3;1-15H;1-8H3. The number of rotatable bonds is 2. The SMILES string of the molecule is Brc1cccc2c1Sc1ccccc1C21c2ccccc2-c2ccccc21.CC1(C)OB(B2OC(C)(C)C(C)(C)O2)OC1(C)C.CC1(C)OB(c2cccc3c2Sc2ccccc2C32c3ccccc3-c3ccccc32)OC1(C)C. The van der Waals surface area contributed by atoms with Gasteiger partial charge < -0.3 is 27.9 Å². The van der Waals surface area contributed by atoms with E-state index >= 15 is 0 Å². The Kier molecular flexibility index (Phi) is 12.8. The van der Waals surface area contributed by atoms with Crippen LogP contribution >= 0.6 is 39.5 Å². The van der Waals surface area contributed by atoms with E-state index in [-0.39, 0.29) is 44.4 Å². The molecule has 402 valence electrons. The van der Waals surface area contributed by atoms with Gasteiger partial charge in [-0.1, -0.05) is 187 Å². The minimum absolute atomic E-state index is 0.256. The fourth-order valence-corrected chi connectivity index (χ4v) is 16.0. The lowest BCUT2D eigenvalue weighted by atomic mass is 9.49. The molecule has 3 saturated heterocycles. The van der Waals surface area contributed by atoms with Gasteiger partial charge in [-0.05, 0) is 189 Å². The van der Waals surface area contributed by atoms with E-state index < -0.39 is 21.1 Å². The van der Waals surface area contributed by atoms with Gasteiger partial charge in [0.1, 0.15) is 0 Å². The summed E-state index contributed by atoms with van der Waals surface area (Å²) < 4.78 is 38.1. The van der Waals surface area contributed by atoms with E-state index in [1.165, 1.54) is 90.8 Å². The number of fused-ring (bicyclic) bond motifs is 18. The molecule has 15 rings (SSSR count). The van der Waals surface area contributed by atoms with E-state index in [1.54, 1.807) is 0 Å². The van der Waals surface area contributed by atoms with Crippen LogP contribution in [-0.2, 0) is 38.8 Å².